The molecule has 1 rings (SSSR count). The lowest BCUT2D eigenvalue weighted by molar-refractivity contribution is 0.309. The second kappa shape index (κ2) is 7.81. The van der Waals surface area contributed by atoms with Gasteiger partial charge in [0.2, 0.25) is 0 Å². The summed E-state index contributed by atoms with van der Waals surface area (Å²) in [4.78, 5) is 0. The van der Waals surface area contributed by atoms with E-state index in [1.54, 1.807) is 0 Å². The van der Waals surface area contributed by atoms with Gasteiger partial charge in [0.15, 0.2) is 0 Å². The highest BCUT2D eigenvalue weighted by Gasteiger charge is 2.15. The average Bonchev–Trinajstić information content (AvgIpc) is 2.41. The molecule has 0 radical (unpaired) electrons. The van der Waals surface area contributed by atoms with Gasteiger partial charge in [-0.3, -0.25) is 0 Å². The molecule has 0 saturated carbocycles. The molecule has 104 valence electrons. The van der Waals surface area contributed by atoms with Crippen LogP contribution in [0.2, 0.25) is 0 Å². The first-order chi connectivity index (χ1) is 9.07. The quantitative estimate of drug-likeness (QED) is 0.728. The number of ether oxygens (including phenoxy) is 1. The van der Waals surface area contributed by atoms with E-state index in [9.17, 15) is 0 Å². The van der Waals surface area contributed by atoms with Crippen molar-refractivity contribution in [3.63, 3.8) is 0 Å². The summed E-state index contributed by atoms with van der Waals surface area (Å²) in [7, 11) is 0. The van der Waals surface area contributed by atoms with Crippen LogP contribution < -0.4 is 10.1 Å². The minimum absolute atomic E-state index is 0.316. The number of nitrogens with zero attached hydrogens (tertiary/aromatic N) is 1. The molecule has 0 spiro atoms. The Balaban J connectivity index is 2.34. The number of nitrogens with one attached hydrogen (secondary N) is 1. The predicted octanol–water partition coefficient (Wildman–Crippen LogP) is 3.50. The van der Waals surface area contributed by atoms with Gasteiger partial charge in [-0.05, 0) is 38.0 Å². The highest BCUT2D eigenvalue weighted by Crippen LogP contribution is 2.14. The van der Waals surface area contributed by atoms with Crippen LogP contribution in [-0.4, -0.2) is 13.2 Å². The van der Waals surface area contributed by atoms with Gasteiger partial charge in [0.1, 0.15) is 5.75 Å². The maximum atomic E-state index is 8.92. The van der Waals surface area contributed by atoms with Crippen LogP contribution in [0.1, 0.15) is 39.2 Å². The molecule has 3 nitrogen and oxygen atoms in total. The monoisotopic (exact) mass is 260 g/mol. The van der Waals surface area contributed by atoms with Gasteiger partial charge in [-0.25, -0.2) is 0 Å². The molecule has 0 heterocycles. The second-order valence-electron chi connectivity index (χ2n) is 5.45. The Morgan fingerprint density at radius 1 is 1.26 bits per heavy atom. The topological polar surface area (TPSA) is 45.0 Å². The summed E-state index contributed by atoms with van der Waals surface area (Å²) in [6.07, 6.45) is 2.24. The lowest BCUT2D eigenvalue weighted by Crippen LogP contribution is -2.27. The van der Waals surface area contributed by atoms with E-state index in [2.05, 4.69) is 30.4 Å². The van der Waals surface area contributed by atoms with Gasteiger partial charge in [-0.2, -0.15) is 5.26 Å². The second-order valence-corrected chi connectivity index (χ2v) is 5.45. The zero-order valence-corrected chi connectivity index (χ0v) is 12.2. The van der Waals surface area contributed by atoms with Crippen molar-refractivity contribution in [2.75, 3.05) is 13.2 Å². The number of nitriles is 1. The molecule has 3 heteroatoms. The third-order valence-electron chi connectivity index (χ3n) is 2.89. The molecule has 0 saturated heterocycles. The zero-order chi connectivity index (χ0) is 14.1. The van der Waals surface area contributed by atoms with Gasteiger partial charge in [-0.1, -0.05) is 25.5 Å². The fourth-order valence-corrected chi connectivity index (χ4v) is 1.60. The van der Waals surface area contributed by atoms with E-state index in [0.717, 1.165) is 31.7 Å². The Morgan fingerprint density at radius 2 is 1.95 bits per heavy atom. The molecule has 0 fully saturated rings. The van der Waals surface area contributed by atoms with Crippen molar-refractivity contribution in [2.24, 2.45) is 5.41 Å². The summed E-state index contributed by atoms with van der Waals surface area (Å²) >= 11 is 0. The molecule has 0 aliphatic rings. The van der Waals surface area contributed by atoms with Gasteiger partial charge >= 0.3 is 0 Å². The van der Waals surface area contributed by atoms with Crippen LogP contribution in [0.15, 0.2) is 24.3 Å². The van der Waals surface area contributed by atoms with Crippen LogP contribution in [-0.2, 0) is 6.54 Å². The van der Waals surface area contributed by atoms with E-state index in [4.69, 9.17) is 10.00 Å². The van der Waals surface area contributed by atoms with Crippen molar-refractivity contribution < 1.29 is 4.74 Å². The molecule has 19 heavy (non-hydrogen) atoms. The molecule has 0 bridgehead atoms. The number of benzene rings is 1. The van der Waals surface area contributed by atoms with Crippen LogP contribution >= 0.6 is 0 Å². The summed E-state index contributed by atoms with van der Waals surface area (Å²) in [6, 6.07) is 10.4. The summed E-state index contributed by atoms with van der Waals surface area (Å²) < 4.78 is 5.61. The highest BCUT2D eigenvalue weighted by atomic mass is 16.5. The average molecular weight is 260 g/mol. The van der Waals surface area contributed by atoms with Crippen LogP contribution in [0.3, 0.4) is 0 Å². The number of hydrogen-bond acceptors (Lipinski definition) is 3. The smallest absolute Gasteiger partial charge is 0.119 e. The van der Waals surface area contributed by atoms with Crippen molar-refractivity contribution in [1.82, 2.24) is 5.32 Å². The molecule has 1 aromatic rings. The van der Waals surface area contributed by atoms with Crippen molar-refractivity contribution in [1.29, 1.82) is 5.26 Å². The summed E-state index contributed by atoms with van der Waals surface area (Å²) in [5.41, 5.74) is 0.889. The maximum absolute atomic E-state index is 8.92. The summed E-state index contributed by atoms with van der Waals surface area (Å²) in [5, 5.41) is 12.2. The third-order valence-corrected chi connectivity index (χ3v) is 2.89. The van der Waals surface area contributed by atoms with E-state index in [1.807, 2.05) is 26.0 Å². The lowest BCUT2D eigenvalue weighted by Gasteiger charge is -2.15. The van der Waals surface area contributed by atoms with E-state index in [0.29, 0.717) is 6.54 Å². The van der Waals surface area contributed by atoms with E-state index in [-0.39, 0.29) is 5.41 Å². The predicted molar refractivity (Wildman–Crippen MR) is 77.9 cm³/mol. The summed E-state index contributed by atoms with van der Waals surface area (Å²) in [6.45, 7) is 8.28. The maximum Gasteiger partial charge on any atom is 0.119 e. The summed E-state index contributed by atoms with van der Waals surface area (Å²) in [5.74, 6) is 0.926. The molecule has 1 N–H and O–H groups in total. The van der Waals surface area contributed by atoms with E-state index < -0.39 is 0 Å². The van der Waals surface area contributed by atoms with Crippen LogP contribution in [0.4, 0.5) is 0 Å². The fraction of sp³-hybridized carbons (Fsp3) is 0.562. The molecular formula is C16H24N2O. The normalized spacial score (nSPS) is 11.1. The Hall–Kier alpha value is -1.53. The van der Waals surface area contributed by atoms with Gasteiger partial charge in [-0.15, -0.1) is 0 Å². The van der Waals surface area contributed by atoms with Gasteiger partial charge in [0, 0.05) is 13.1 Å². The molecule has 0 aromatic heterocycles. The largest absolute Gasteiger partial charge is 0.494 e. The van der Waals surface area contributed by atoms with Crippen molar-refractivity contribution in [3.05, 3.63) is 29.8 Å². The first-order valence-electron chi connectivity index (χ1n) is 6.91. The SMILES string of the molecule is CCCCOc1ccc(CNCC(C)(C)C#N)cc1. The van der Waals surface area contributed by atoms with Gasteiger partial charge in [0.05, 0.1) is 18.1 Å². The molecule has 0 atom stereocenters. The molecule has 0 aliphatic heterocycles. The number of hydrogen-bond donors (Lipinski definition) is 1. The molecule has 1 aromatic carbocycles. The minimum Gasteiger partial charge on any atom is -0.494 e. The Bertz CT molecular complexity index is 404. The van der Waals surface area contributed by atoms with Gasteiger partial charge < -0.3 is 10.1 Å². The molecule has 0 aliphatic carbocycles. The first kappa shape index (κ1) is 15.5. The number of unbranched alkanes of at least 4 members (excludes halogenated alkanes) is 1. The standard InChI is InChI=1S/C16H24N2O/c1-4-5-10-19-15-8-6-14(7-9-15)11-18-13-16(2,3)12-17/h6-9,18H,4-5,10-11,13H2,1-3H3. The van der Waals surface area contributed by atoms with Crippen LogP contribution in [0.5, 0.6) is 5.75 Å². The fourth-order valence-electron chi connectivity index (χ4n) is 1.60. The van der Waals surface area contributed by atoms with Crippen molar-refractivity contribution >= 4 is 0 Å². The zero-order valence-electron chi connectivity index (χ0n) is 12.2. The van der Waals surface area contributed by atoms with Crippen molar-refractivity contribution in [3.8, 4) is 11.8 Å². The lowest BCUT2D eigenvalue weighted by atomic mass is 9.96. The Morgan fingerprint density at radius 3 is 2.53 bits per heavy atom. The number of rotatable bonds is 8. The van der Waals surface area contributed by atoms with E-state index >= 15 is 0 Å². The molecule has 0 unspecified atom stereocenters. The molecule has 0 amide bonds. The molecular weight excluding hydrogens is 236 g/mol. The third kappa shape index (κ3) is 6.26. The van der Waals surface area contributed by atoms with Crippen LogP contribution in [0, 0.1) is 16.7 Å². The van der Waals surface area contributed by atoms with Gasteiger partial charge in [0.25, 0.3) is 0 Å². The minimum atomic E-state index is -0.316. The Labute approximate surface area is 116 Å². The Kier molecular flexibility index (Phi) is 6.38. The van der Waals surface area contributed by atoms with Crippen LogP contribution in [0.25, 0.3) is 0 Å². The van der Waals surface area contributed by atoms with Crippen molar-refractivity contribution in [2.45, 2.75) is 40.2 Å². The first-order valence-corrected chi connectivity index (χ1v) is 6.91. The highest BCUT2D eigenvalue weighted by molar-refractivity contribution is 5.27. The van der Waals surface area contributed by atoms with E-state index in [1.165, 1.54) is 5.56 Å².